The summed E-state index contributed by atoms with van der Waals surface area (Å²) in [5.74, 6) is 0.0113. The minimum atomic E-state index is 0.0113. The van der Waals surface area contributed by atoms with E-state index in [0.29, 0.717) is 6.04 Å². The summed E-state index contributed by atoms with van der Waals surface area (Å²) in [6, 6.07) is 6.41. The number of nitrogens with one attached hydrogen (secondary N) is 2. The molecule has 2 N–H and O–H groups in total. The van der Waals surface area contributed by atoms with E-state index in [1.165, 1.54) is 0 Å². The second kappa shape index (κ2) is 6.45. The van der Waals surface area contributed by atoms with Gasteiger partial charge in [0.1, 0.15) is 5.69 Å². The molecule has 2 aromatic heterocycles. The van der Waals surface area contributed by atoms with E-state index in [2.05, 4.69) is 26.6 Å². The van der Waals surface area contributed by atoms with Crippen LogP contribution < -0.4 is 10.6 Å². The molecule has 0 bridgehead atoms. The predicted octanol–water partition coefficient (Wildman–Crippen LogP) is 2.97. The molecule has 112 valence electrons. The minimum absolute atomic E-state index is 0.0113. The third-order valence-electron chi connectivity index (χ3n) is 4.10. The molecule has 1 aliphatic rings. The molecule has 3 heterocycles. The van der Waals surface area contributed by atoms with Gasteiger partial charge in [0, 0.05) is 12.2 Å². The van der Waals surface area contributed by atoms with E-state index < -0.39 is 0 Å². The van der Waals surface area contributed by atoms with E-state index in [0.717, 1.165) is 37.2 Å². The number of rotatable bonds is 4. The van der Waals surface area contributed by atoms with Gasteiger partial charge < -0.3 is 15.2 Å². The summed E-state index contributed by atoms with van der Waals surface area (Å²) in [7, 11) is 0. The van der Waals surface area contributed by atoms with Crippen LogP contribution in [0.25, 0.3) is 0 Å². The van der Waals surface area contributed by atoms with Crippen LogP contribution >= 0.6 is 11.3 Å². The molecule has 3 rings (SSSR count). The van der Waals surface area contributed by atoms with Gasteiger partial charge in [-0.3, -0.25) is 4.79 Å². The summed E-state index contributed by atoms with van der Waals surface area (Å²) < 4.78 is 2.14. The molecule has 1 saturated heterocycles. The normalized spacial score (nSPS) is 17.6. The second-order valence-corrected chi connectivity index (χ2v) is 6.31. The maximum Gasteiger partial charge on any atom is 0.268 e. The summed E-state index contributed by atoms with van der Waals surface area (Å²) >= 11 is 1.65. The Labute approximate surface area is 129 Å². The number of aromatic nitrogens is 1. The number of carbonyl (C=O) groups excluding carboxylic acids is 1. The lowest BCUT2D eigenvalue weighted by Gasteiger charge is -2.26. The molecule has 0 radical (unpaired) electrons. The zero-order valence-electron chi connectivity index (χ0n) is 12.2. The quantitative estimate of drug-likeness (QED) is 0.912. The highest BCUT2D eigenvalue weighted by atomic mass is 32.1. The van der Waals surface area contributed by atoms with Gasteiger partial charge in [0.25, 0.3) is 5.91 Å². The topological polar surface area (TPSA) is 46.1 Å². The zero-order chi connectivity index (χ0) is 14.7. The monoisotopic (exact) mass is 303 g/mol. The first kappa shape index (κ1) is 14.4. The number of hydrogen-bond acceptors (Lipinski definition) is 3. The maximum atomic E-state index is 12.5. The number of amides is 1. The Bertz CT molecular complexity index is 584. The van der Waals surface area contributed by atoms with Crippen molar-refractivity contribution < 1.29 is 4.79 Å². The van der Waals surface area contributed by atoms with Gasteiger partial charge in [0.05, 0.1) is 6.04 Å². The lowest BCUT2D eigenvalue weighted by Crippen LogP contribution is -2.33. The first-order valence-corrected chi connectivity index (χ1v) is 8.40. The van der Waals surface area contributed by atoms with Crippen LogP contribution in [0.5, 0.6) is 0 Å². The largest absolute Gasteiger partial charge is 0.344 e. The Morgan fingerprint density at radius 3 is 2.95 bits per heavy atom. The minimum Gasteiger partial charge on any atom is -0.344 e. The molecule has 5 heteroatoms. The number of hydrogen-bond donors (Lipinski definition) is 2. The summed E-state index contributed by atoms with van der Waals surface area (Å²) in [5.41, 5.74) is 1.93. The van der Waals surface area contributed by atoms with E-state index in [4.69, 9.17) is 0 Å². The van der Waals surface area contributed by atoms with Crippen LogP contribution in [0, 0.1) is 0 Å². The van der Waals surface area contributed by atoms with Crippen molar-refractivity contribution in [3.05, 3.63) is 46.4 Å². The standard InChI is InChI=1S/C16H21N3OS/c1-12(13-6-10-21-11-13)18-16(20)15-3-2-9-19(15)14-4-7-17-8-5-14/h2-3,6,9-12,14,17H,4-5,7-8H2,1H3,(H,18,20). The van der Waals surface area contributed by atoms with Gasteiger partial charge in [-0.2, -0.15) is 11.3 Å². The van der Waals surface area contributed by atoms with Crippen molar-refractivity contribution in [2.45, 2.75) is 31.8 Å². The molecule has 4 nitrogen and oxygen atoms in total. The average molecular weight is 303 g/mol. The average Bonchev–Trinajstić information content (AvgIpc) is 3.19. The van der Waals surface area contributed by atoms with Gasteiger partial charge in [-0.05, 0) is 67.4 Å². The molecule has 2 aromatic rings. The number of nitrogens with zero attached hydrogens (tertiary/aromatic N) is 1. The lowest BCUT2D eigenvalue weighted by molar-refractivity contribution is 0.0927. The Balaban J connectivity index is 1.71. The molecule has 1 aliphatic heterocycles. The summed E-state index contributed by atoms with van der Waals surface area (Å²) in [4.78, 5) is 12.5. The fraction of sp³-hybridized carbons (Fsp3) is 0.438. The molecule has 0 spiro atoms. The number of thiophene rings is 1. The zero-order valence-corrected chi connectivity index (χ0v) is 13.0. The molecule has 1 unspecified atom stereocenters. The summed E-state index contributed by atoms with van der Waals surface area (Å²) in [5, 5.41) is 10.6. The SMILES string of the molecule is CC(NC(=O)c1cccn1C1CCNCC1)c1ccsc1. The second-order valence-electron chi connectivity index (χ2n) is 5.53. The van der Waals surface area contributed by atoms with Crippen molar-refractivity contribution in [2.24, 2.45) is 0 Å². The van der Waals surface area contributed by atoms with Crippen LogP contribution in [0.2, 0.25) is 0 Å². The van der Waals surface area contributed by atoms with Crippen molar-refractivity contribution in [2.75, 3.05) is 13.1 Å². The number of carbonyl (C=O) groups is 1. The highest BCUT2D eigenvalue weighted by molar-refractivity contribution is 7.07. The van der Waals surface area contributed by atoms with E-state index >= 15 is 0 Å². The molecular weight excluding hydrogens is 282 g/mol. The highest BCUT2D eigenvalue weighted by Gasteiger charge is 2.21. The van der Waals surface area contributed by atoms with E-state index in [1.54, 1.807) is 11.3 Å². The first-order valence-electron chi connectivity index (χ1n) is 7.46. The maximum absolute atomic E-state index is 12.5. The first-order chi connectivity index (χ1) is 10.3. The van der Waals surface area contributed by atoms with Gasteiger partial charge in [0.2, 0.25) is 0 Å². The van der Waals surface area contributed by atoms with Crippen molar-refractivity contribution >= 4 is 17.2 Å². The molecule has 21 heavy (non-hydrogen) atoms. The highest BCUT2D eigenvalue weighted by Crippen LogP contribution is 2.22. The van der Waals surface area contributed by atoms with Crippen LogP contribution in [0.4, 0.5) is 0 Å². The van der Waals surface area contributed by atoms with Gasteiger partial charge in [-0.25, -0.2) is 0 Å². The Hall–Kier alpha value is -1.59. The lowest BCUT2D eigenvalue weighted by atomic mass is 10.1. The Kier molecular flexibility index (Phi) is 4.41. The van der Waals surface area contributed by atoms with Crippen LogP contribution in [0.15, 0.2) is 35.2 Å². The third-order valence-corrected chi connectivity index (χ3v) is 4.81. The molecule has 1 atom stereocenters. The summed E-state index contributed by atoms with van der Waals surface area (Å²) in [6.07, 6.45) is 4.18. The van der Waals surface area contributed by atoms with E-state index in [-0.39, 0.29) is 11.9 Å². The van der Waals surface area contributed by atoms with Gasteiger partial charge in [-0.15, -0.1) is 0 Å². The molecule has 0 aromatic carbocycles. The van der Waals surface area contributed by atoms with Crippen LogP contribution in [-0.4, -0.2) is 23.6 Å². The van der Waals surface area contributed by atoms with Crippen molar-refractivity contribution in [3.63, 3.8) is 0 Å². The molecular formula is C16H21N3OS. The molecule has 1 amide bonds. The van der Waals surface area contributed by atoms with Crippen molar-refractivity contribution in [1.82, 2.24) is 15.2 Å². The fourth-order valence-corrected chi connectivity index (χ4v) is 3.62. The predicted molar refractivity (Wildman–Crippen MR) is 85.8 cm³/mol. The van der Waals surface area contributed by atoms with E-state index in [9.17, 15) is 4.79 Å². The van der Waals surface area contributed by atoms with Gasteiger partial charge >= 0.3 is 0 Å². The molecule has 0 saturated carbocycles. The molecule has 0 aliphatic carbocycles. The Morgan fingerprint density at radius 1 is 1.43 bits per heavy atom. The van der Waals surface area contributed by atoms with Crippen LogP contribution in [0.1, 0.15) is 47.9 Å². The van der Waals surface area contributed by atoms with Crippen molar-refractivity contribution in [1.29, 1.82) is 0 Å². The smallest absolute Gasteiger partial charge is 0.268 e. The fourth-order valence-electron chi connectivity index (χ4n) is 2.86. The van der Waals surface area contributed by atoms with Crippen molar-refractivity contribution in [3.8, 4) is 0 Å². The van der Waals surface area contributed by atoms with E-state index in [1.807, 2.05) is 30.6 Å². The number of piperidine rings is 1. The van der Waals surface area contributed by atoms with Gasteiger partial charge in [-0.1, -0.05) is 0 Å². The summed E-state index contributed by atoms with van der Waals surface area (Å²) in [6.45, 7) is 4.07. The van der Waals surface area contributed by atoms with Crippen LogP contribution in [0.3, 0.4) is 0 Å². The Morgan fingerprint density at radius 2 is 2.24 bits per heavy atom. The van der Waals surface area contributed by atoms with Gasteiger partial charge in [0.15, 0.2) is 0 Å². The third kappa shape index (κ3) is 3.19. The molecule has 1 fully saturated rings. The van der Waals surface area contributed by atoms with Crippen LogP contribution in [-0.2, 0) is 0 Å².